The molecule has 0 unspecified atom stereocenters. The second kappa shape index (κ2) is 4.69. The third-order valence-electron chi connectivity index (χ3n) is 2.65. The molecule has 0 atom stereocenters. The van der Waals surface area contributed by atoms with Gasteiger partial charge in [0.15, 0.2) is 0 Å². The number of nitrogens with zero attached hydrogens (tertiary/aromatic N) is 1. The zero-order valence-corrected chi connectivity index (χ0v) is 9.73. The maximum atomic E-state index is 13.0. The van der Waals surface area contributed by atoms with Crippen LogP contribution in [-0.2, 0) is 6.54 Å². The van der Waals surface area contributed by atoms with E-state index in [1.165, 1.54) is 12.1 Å². The summed E-state index contributed by atoms with van der Waals surface area (Å²) in [5, 5.41) is 0.630. The lowest BCUT2D eigenvalue weighted by atomic mass is 10.0. The van der Waals surface area contributed by atoms with Gasteiger partial charge in [-0.3, -0.25) is 4.90 Å². The average Bonchev–Trinajstić information content (AvgIpc) is 2.16. The highest BCUT2D eigenvalue weighted by atomic mass is 35.5. The minimum atomic E-state index is -0.233. The van der Waals surface area contributed by atoms with Crippen molar-refractivity contribution in [2.75, 3.05) is 19.0 Å². The molecule has 1 aliphatic heterocycles. The molecular formula is C11H12Cl2FN. The van der Waals surface area contributed by atoms with Crippen LogP contribution in [-0.4, -0.2) is 23.9 Å². The maximum absolute atomic E-state index is 13.0. The first-order valence-corrected chi connectivity index (χ1v) is 5.82. The van der Waals surface area contributed by atoms with Crippen molar-refractivity contribution >= 4 is 23.2 Å². The predicted octanol–water partition coefficient (Wildman–Crippen LogP) is 3.15. The zero-order chi connectivity index (χ0) is 10.8. The van der Waals surface area contributed by atoms with Crippen LogP contribution in [0.15, 0.2) is 18.2 Å². The van der Waals surface area contributed by atoms with E-state index in [1.807, 2.05) is 0 Å². The van der Waals surface area contributed by atoms with E-state index < -0.39 is 0 Å². The molecule has 1 saturated heterocycles. The molecule has 15 heavy (non-hydrogen) atoms. The molecule has 1 aromatic carbocycles. The van der Waals surface area contributed by atoms with Gasteiger partial charge in [-0.05, 0) is 29.7 Å². The molecule has 0 bridgehead atoms. The molecule has 1 fully saturated rings. The third kappa shape index (κ3) is 2.63. The minimum absolute atomic E-state index is 0.233. The van der Waals surface area contributed by atoms with Crippen LogP contribution in [0.5, 0.6) is 0 Å². The number of likely N-dealkylation sites (tertiary alicyclic amines) is 1. The normalized spacial score (nSPS) is 17.8. The van der Waals surface area contributed by atoms with Crippen molar-refractivity contribution in [3.8, 4) is 0 Å². The summed E-state index contributed by atoms with van der Waals surface area (Å²) in [7, 11) is 0. The van der Waals surface area contributed by atoms with Crippen LogP contribution in [0.2, 0.25) is 5.02 Å². The molecule has 0 aliphatic carbocycles. The molecule has 2 rings (SSSR count). The van der Waals surface area contributed by atoms with Crippen LogP contribution in [0.4, 0.5) is 4.39 Å². The van der Waals surface area contributed by atoms with Crippen LogP contribution >= 0.6 is 23.2 Å². The van der Waals surface area contributed by atoms with E-state index in [0.717, 1.165) is 18.7 Å². The van der Waals surface area contributed by atoms with E-state index in [2.05, 4.69) is 4.90 Å². The van der Waals surface area contributed by atoms with Crippen molar-refractivity contribution in [1.82, 2.24) is 4.90 Å². The van der Waals surface area contributed by atoms with Gasteiger partial charge in [0.25, 0.3) is 0 Å². The lowest BCUT2D eigenvalue weighted by Gasteiger charge is -2.38. The summed E-state index contributed by atoms with van der Waals surface area (Å²) >= 11 is 11.7. The van der Waals surface area contributed by atoms with Crippen molar-refractivity contribution in [3.63, 3.8) is 0 Å². The van der Waals surface area contributed by atoms with Gasteiger partial charge < -0.3 is 0 Å². The third-order valence-corrected chi connectivity index (χ3v) is 3.46. The summed E-state index contributed by atoms with van der Waals surface area (Å²) in [6.45, 7) is 2.68. The highest BCUT2D eigenvalue weighted by molar-refractivity contribution is 6.31. The number of benzene rings is 1. The molecule has 0 saturated carbocycles. The van der Waals surface area contributed by atoms with Crippen molar-refractivity contribution < 1.29 is 4.39 Å². The molecule has 0 spiro atoms. The summed E-state index contributed by atoms with van der Waals surface area (Å²) in [4.78, 5) is 2.22. The Kier molecular flexibility index (Phi) is 3.49. The SMILES string of the molecule is Fc1ccc(Cl)c(CN2CC(CCl)C2)c1. The van der Waals surface area contributed by atoms with Crippen LogP contribution < -0.4 is 0 Å². The van der Waals surface area contributed by atoms with Crippen molar-refractivity contribution in [2.45, 2.75) is 6.54 Å². The molecule has 0 aromatic heterocycles. The standard InChI is InChI=1S/C11H12Cl2FN/c12-4-8-5-15(6-8)7-9-3-10(14)1-2-11(9)13/h1-3,8H,4-7H2. The average molecular weight is 248 g/mol. The zero-order valence-electron chi connectivity index (χ0n) is 8.22. The first-order valence-electron chi connectivity index (χ1n) is 4.91. The van der Waals surface area contributed by atoms with Gasteiger partial charge >= 0.3 is 0 Å². The van der Waals surface area contributed by atoms with E-state index >= 15 is 0 Å². The fourth-order valence-electron chi connectivity index (χ4n) is 1.81. The highest BCUT2D eigenvalue weighted by Gasteiger charge is 2.25. The molecule has 0 radical (unpaired) electrons. The van der Waals surface area contributed by atoms with Crippen molar-refractivity contribution in [2.24, 2.45) is 5.92 Å². The van der Waals surface area contributed by atoms with Crippen molar-refractivity contribution in [3.05, 3.63) is 34.6 Å². The van der Waals surface area contributed by atoms with Gasteiger partial charge in [-0.15, -0.1) is 11.6 Å². The first kappa shape index (κ1) is 11.2. The summed E-state index contributed by atoms with van der Waals surface area (Å²) in [6, 6.07) is 4.48. The number of alkyl halides is 1. The van der Waals surface area contributed by atoms with Gasteiger partial charge in [0.05, 0.1) is 0 Å². The Bertz CT molecular complexity index is 350. The highest BCUT2D eigenvalue weighted by Crippen LogP contribution is 2.24. The summed E-state index contributed by atoms with van der Waals surface area (Å²) in [5.41, 5.74) is 0.852. The molecule has 1 heterocycles. The van der Waals surface area contributed by atoms with Gasteiger partial charge in [-0.2, -0.15) is 0 Å². The van der Waals surface area contributed by atoms with Gasteiger partial charge in [-0.1, -0.05) is 11.6 Å². The Labute approximate surface area is 98.8 Å². The predicted molar refractivity (Wildman–Crippen MR) is 60.9 cm³/mol. The summed E-state index contributed by atoms with van der Waals surface area (Å²) in [6.07, 6.45) is 0. The Morgan fingerprint density at radius 2 is 2.13 bits per heavy atom. The lowest BCUT2D eigenvalue weighted by molar-refractivity contribution is 0.107. The Balaban J connectivity index is 1.97. The fraction of sp³-hybridized carbons (Fsp3) is 0.455. The maximum Gasteiger partial charge on any atom is 0.123 e. The van der Waals surface area contributed by atoms with Crippen LogP contribution in [0, 0.1) is 11.7 Å². The molecule has 0 N–H and O–H groups in total. The Morgan fingerprint density at radius 3 is 2.80 bits per heavy atom. The van der Waals surface area contributed by atoms with E-state index in [4.69, 9.17) is 23.2 Å². The molecule has 1 nitrogen and oxygen atoms in total. The van der Waals surface area contributed by atoms with E-state index in [9.17, 15) is 4.39 Å². The Morgan fingerprint density at radius 1 is 1.40 bits per heavy atom. The number of hydrogen-bond donors (Lipinski definition) is 0. The lowest BCUT2D eigenvalue weighted by Crippen LogP contribution is -2.46. The largest absolute Gasteiger partial charge is 0.298 e. The van der Waals surface area contributed by atoms with Crippen LogP contribution in [0.3, 0.4) is 0 Å². The molecule has 1 aromatic rings. The second-order valence-corrected chi connectivity index (χ2v) is 4.67. The number of halogens is 3. The quantitative estimate of drug-likeness (QED) is 0.743. The van der Waals surface area contributed by atoms with Crippen LogP contribution in [0.1, 0.15) is 5.56 Å². The van der Waals surface area contributed by atoms with Gasteiger partial charge in [-0.25, -0.2) is 4.39 Å². The molecule has 1 aliphatic rings. The molecule has 4 heteroatoms. The molecular weight excluding hydrogens is 236 g/mol. The van der Waals surface area contributed by atoms with Gasteiger partial charge in [0, 0.05) is 30.5 Å². The monoisotopic (exact) mass is 247 g/mol. The Hall–Kier alpha value is -0.310. The fourth-order valence-corrected chi connectivity index (χ4v) is 2.18. The van der Waals surface area contributed by atoms with E-state index in [1.54, 1.807) is 6.07 Å². The van der Waals surface area contributed by atoms with E-state index in [0.29, 0.717) is 23.4 Å². The van der Waals surface area contributed by atoms with Gasteiger partial charge in [0.2, 0.25) is 0 Å². The smallest absolute Gasteiger partial charge is 0.123 e. The molecule has 82 valence electrons. The van der Waals surface area contributed by atoms with Crippen LogP contribution in [0.25, 0.3) is 0 Å². The van der Waals surface area contributed by atoms with Gasteiger partial charge in [0.1, 0.15) is 5.82 Å². The topological polar surface area (TPSA) is 3.24 Å². The summed E-state index contributed by atoms with van der Waals surface area (Å²) < 4.78 is 13.0. The number of hydrogen-bond acceptors (Lipinski definition) is 1. The van der Waals surface area contributed by atoms with Crippen molar-refractivity contribution in [1.29, 1.82) is 0 Å². The first-order chi connectivity index (χ1) is 7.19. The summed E-state index contributed by atoms with van der Waals surface area (Å²) in [5.74, 6) is 1.05. The second-order valence-electron chi connectivity index (χ2n) is 3.95. The number of rotatable bonds is 3. The molecule has 0 amide bonds. The minimum Gasteiger partial charge on any atom is -0.298 e. The van der Waals surface area contributed by atoms with E-state index in [-0.39, 0.29) is 5.82 Å².